The van der Waals surface area contributed by atoms with Crippen molar-refractivity contribution >= 4 is 6.09 Å². The minimum absolute atomic E-state index is 0.669. The minimum atomic E-state index is -4.86. The third-order valence-corrected chi connectivity index (χ3v) is 2.81. The number of halogens is 3. The number of rotatable bonds is 1. The second-order valence-corrected chi connectivity index (χ2v) is 5.68. The number of carbonyl (C=O) groups is 1. The lowest BCUT2D eigenvalue weighted by Gasteiger charge is -2.28. The van der Waals surface area contributed by atoms with Crippen LogP contribution in [0.3, 0.4) is 0 Å². The molecule has 2 atom stereocenters. The third-order valence-electron chi connectivity index (χ3n) is 2.81. The summed E-state index contributed by atoms with van der Waals surface area (Å²) in [6.07, 6.45) is -6.60. The molecule has 112 valence electrons. The predicted molar refractivity (Wildman–Crippen MR) is 59.4 cm³/mol. The summed E-state index contributed by atoms with van der Waals surface area (Å²) in [7, 11) is 0. The molecule has 19 heavy (non-hydrogen) atoms. The molecule has 0 aliphatic carbocycles. The number of alkyl halides is 3. The molecule has 1 heterocycles. The minimum Gasteiger partial charge on any atom is -0.444 e. The van der Waals surface area contributed by atoms with Gasteiger partial charge in [-0.15, -0.1) is 0 Å². The monoisotopic (exact) mass is 285 g/mol. The Kier molecular flexibility index (Phi) is 4.07. The Morgan fingerprint density at radius 1 is 1.42 bits per heavy atom. The maximum absolute atomic E-state index is 12.7. The molecular weight excluding hydrogens is 267 g/mol. The Morgan fingerprint density at radius 2 is 1.95 bits per heavy atom. The molecule has 0 bridgehead atoms. The average Bonchev–Trinajstić information content (AvgIpc) is 2.53. The number of likely N-dealkylation sites (tertiary alicyclic amines) is 1. The van der Waals surface area contributed by atoms with Gasteiger partial charge in [0.05, 0.1) is 19.2 Å². The Labute approximate surface area is 109 Å². The van der Waals surface area contributed by atoms with Gasteiger partial charge in [0.1, 0.15) is 5.60 Å². The van der Waals surface area contributed by atoms with Crippen LogP contribution in [0.25, 0.3) is 0 Å². The van der Waals surface area contributed by atoms with E-state index in [1.54, 1.807) is 20.8 Å². The van der Waals surface area contributed by atoms with E-state index in [-0.39, 0.29) is 0 Å². The molecule has 1 saturated heterocycles. The summed E-state index contributed by atoms with van der Waals surface area (Å²) < 4.78 is 43.1. The highest BCUT2D eigenvalue weighted by Crippen LogP contribution is 2.40. The summed E-state index contributed by atoms with van der Waals surface area (Å²) in [4.78, 5) is 12.5. The second-order valence-electron chi connectivity index (χ2n) is 5.68. The Morgan fingerprint density at radius 3 is 2.32 bits per heavy atom. The number of nitrogens with zero attached hydrogens (tertiary/aromatic N) is 1. The first-order valence-corrected chi connectivity index (χ1v) is 5.79. The van der Waals surface area contributed by atoms with E-state index < -0.39 is 49.1 Å². The van der Waals surface area contributed by atoms with Gasteiger partial charge in [0.2, 0.25) is 0 Å². The van der Waals surface area contributed by atoms with E-state index in [9.17, 15) is 23.1 Å². The van der Waals surface area contributed by atoms with Gasteiger partial charge in [0, 0.05) is 6.42 Å². The van der Waals surface area contributed by atoms with Gasteiger partial charge in [-0.1, -0.05) is 0 Å². The lowest BCUT2D eigenvalue weighted by atomic mass is 10.0. The summed E-state index contributed by atoms with van der Waals surface area (Å²) in [5.74, 6) is 0. The van der Waals surface area contributed by atoms with Crippen molar-refractivity contribution in [1.29, 1.82) is 0 Å². The van der Waals surface area contributed by atoms with Gasteiger partial charge in [0.25, 0.3) is 0 Å². The van der Waals surface area contributed by atoms with Gasteiger partial charge >= 0.3 is 12.3 Å². The fourth-order valence-corrected chi connectivity index (χ4v) is 1.88. The van der Waals surface area contributed by atoms with Gasteiger partial charge < -0.3 is 14.9 Å². The zero-order valence-electron chi connectivity index (χ0n) is 11.0. The van der Waals surface area contributed by atoms with Crippen LogP contribution >= 0.6 is 0 Å². The maximum Gasteiger partial charge on any atom is 0.419 e. The average molecular weight is 285 g/mol. The molecule has 1 fully saturated rings. The fraction of sp³-hybridized carbons (Fsp3) is 0.909. The van der Waals surface area contributed by atoms with Crippen LogP contribution in [0.1, 0.15) is 27.2 Å². The van der Waals surface area contributed by atoms with Crippen molar-refractivity contribution in [1.82, 2.24) is 4.90 Å². The number of hydrogen-bond donors (Lipinski definition) is 2. The number of aliphatic hydroxyl groups is 2. The van der Waals surface area contributed by atoms with Crippen LogP contribution < -0.4 is 0 Å². The molecule has 0 spiro atoms. The quantitative estimate of drug-likeness (QED) is 0.761. The van der Waals surface area contributed by atoms with Crippen molar-refractivity contribution in [2.45, 2.75) is 50.6 Å². The van der Waals surface area contributed by atoms with Crippen molar-refractivity contribution < 1.29 is 32.9 Å². The normalized spacial score (nSPS) is 28.6. The van der Waals surface area contributed by atoms with Crippen molar-refractivity contribution in [2.24, 2.45) is 0 Å². The highest BCUT2D eigenvalue weighted by Gasteiger charge is 2.61. The summed E-state index contributed by atoms with van der Waals surface area (Å²) in [5.41, 5.74) is -3.87. The van der Waals surface area contributed by atoms with E-state index in [2.05, 4.69) is 0 Å². The first-order valence-electron chi connectivity index (χ1n) is 5.79. The van der Waals surface area contributed by atoms with E-state index in [0.717, 1.165) is 4.90 Å². The topological polar surface area (TPSA) is 70.0 Å². The van der Waals surface area contributed by atoms with Crippen LogP contribution in [-0.4, -0.2) is 57.8 Å². The molecule has 2 N–H and O–H groups in total. The summed E-state index contributed by atoms with van der Waals surface area (Å²) in [6.45, 7) is 3.12. The van der Waals surface area contributed by atoms with Crippen LogP contribution in [0.15, 0.2) is 0 Å². The van der Waals surface area contributed by atoms with Crippen LogP contribution in [0, 0.1) is 0 Å². The molecule has 0 radical (unpaired) electrons. The van der Waals surface area contributed by atoms with Crippen molar-refractivity contribution in [2.75, 3.05) is 13.2 Å². The molecule has 1 unspecified atom stereocenters. The lowest BCUT2D eigenvalue weighted by molar-refractivity contribution is -0.253. The molecule has 1 rings (SSSR count). The number of ether oxygens (including phenoxy) is 1. The highest BCUT2D eigenvalue weighted by atomic mass is 19.4. The van der Waals surface area contributed by atoms with Crippen LogP contribution in [-0.2, 0) is 4.74 Å². The van der Waals surface area contributed by atoms with Gasteiger partial charge in [-0.3, -0.25) is 4.90 Å². The SMILES string of the molecule is CC(C)(C)OC(=O)N1C[C@](O)(C(F)(F)F)CC1CO. The summed E-state index contributed by atoms with van der Waals surface area (Å²) in [5, 5.41) is 18.6. The largest absolute Gasteiger partial charge is 0.444 e. The molecule has 0 aromatic rings. The van der Waals surface area contributed by atoms with Crippen LogP contribution in [0.2, 0.25) is 0 Å². The molecule has 1 aliphatic heterocycles. The van der Waals surface area contributed by atoms with E-state index in [0.29, 0.717) is 0 Å². The molecule has 1 amide bonds. The summed E-state index contributed by atoms with van der Waals surface area (Å²) >= 11 is 0. The third kappa shape index (κ3) is 3.50. The second kappa shape index (κ2) is 4.82. The van der Waals surface area contributed by atoms with Gasteiger partial charge in [-0.25, -0.2) is 4.79 Å². The van der Waals surface area contributed by atoms with Crippen LogP contribution in [0.4, 0.5) is 18.0 Å². The molecule has 0 aromatic carbocycles. The zero-order valence-corrected chi connectivity index (χ0v) is 11.0. The Balaban J connectivity index is 2.88. The van der Waals surface area contributed by atoms with Crippen molar-refractivity contribution in [3.63, 3.8) is 0 Å². The first-order chi connectivity index (χ1) is 8.39. The Hall–Kier alpha value is -1.02. The molecule has 0 aromatic heterocycles. The van der Waals surface area contributed by atoms with Crippen molar-refractivity contribution in [3.05, 3.63) is 0 Å². The van der Waals surface area contributed by atoms with E-state index in [1.807, 2.05) is 0 Å². The van der Waals surface area contributed by atoms with E-state index >= 15 is 0 Å². The number of carbonyl (C=O) groups excluding carboxylic acids is 1. The number of hydrogen-bond acceptors (Lipinski definition) is 4. The predicted octanol–water partition coefficient (Wildman–Crippen LogP) is 1.28. The number of amides is 1. The number of β-amino-alcohol motifs (C(OH)–C–C–N with tert-alkyl or cyclic N) is 1. The fourth-order valence-electron chi connectivity index (χ4n) is 1.88. The van der Waals surface area contributed by atoms with Crippen LogP contribution in [0.5, 0.6) is 0 Å². The van der Waals surface area contributed by atoms with Gasteiger partial charge in [-0.05, 0) is 20.8 Å². The molecule has 5 nitrogen and oxygen atoms in total. The van der Waals surface area contributed by atoms with Crippen molar-refractivity contribution in [3.8, 4) is 0 Å². The van der Waals surface area contributed by atoms with Gasteiger partial charge in [-0.2, -0.15) is 13.2 Å². The molecule has 1 aliphatic rings. The standard InChI is InChI=1S/C11H18F3NO4/c1-9(2,3)19-8(17)15-6-10(18,11(12,13)14)4-7(15)5-16/h7,16,18H,4-6H2,1-3H3/t7?,10-/m0/s1. The maximum atomic E-state index is 12.7. The van der Waals surface area contributed by atoms with E-state index in [1.165, 1.54) is 0 Å². The van der Waals surface area contributed by atoms with Gasteiger partial charge in [0.15, 0.2) is 5.60 Å². The zero-order chi connectivity index (χ0) is 15.1. The number of aliphatic hydroxyl groups excluding tert-OH is 1. The molecule has 8 heteroatoms. The smallest absolute Gasteiger partial charge is 0.419 e. The highest BCUT2D eigenvalue weighted by molar-refractivity contribution is 5.69. The lowest BCUT2D eigenvalue weighted by Crippen LogP contribution is -2.48. The van der Waals surface area contributed by atoms with E-state index in [4.69, 9.17) is 9.84 Å². The summed E-state index contributed by atoms with van der Waals surface area (Å²) in [6, 6.07) is -1.11. The first kappa shape index (κ1) is 16.0. The molecule has 0 saturated carbocycles. The Bertz CT molecular complexity index is 353. The molecular formula is C11H18F3NO4.